The molecule has 1 heterocycles. The van der Waals surface area contributed by atoms with E-state index in [1.54, 1.807) is 6.92 Å². The molecule has 0 spiro atoms. The summed E-state index contributed by atoms with van der Waals surface area (Å²) in [7, 11) is -3.46. The Morgan fingerprint density at radius 3 is 2.61 bits per heavy atom. The predicted octanol–water partition coefficient (Wildman–Crippen LogP) is 1.89. The first-order valence-electron chi connectivity index (χ1n) is 6.11. The molecule has 0 saturated heterocycles. The van der Waals surface area contributed by atoms with Crippen molar-refractivity contribution in [3.8, 4) is 0 Å². The van der Waals surface area contributed by atoms with Gasteiger partial charge in [-0.1, -0.05) is 24.7 Å². The zero-order valence-electron chi connectivity index (χ0n) is 10.7. The fourth-order valence-corrected chi connectivity index (χ4v) is 4.69. The third-order valence-corrected chi connectivity index (χ3v) is 6.39. The van der Waals surface area contributed by atoms with Crippen molar-refractivity contribution in [2.24, 2.45) is 5.41 Å². The molecule has 18 heavy (non-hydrogen) atoms. The molecule has 0 aromatic carbocycles. The molecule has 1 aromatic rings. The molecule has 2 rings (SSSR count). The lowest BCUT2D eigenvalue weighted by molar-refractivity contribution is 0.449. The maximum absolute atomic E-state index is 12.1. The number of anilines is 1. The molecular formula is C11H19N3O2S2. The van der Waals surface area contributed by atoms with Gasteiger partial charge >= 0.3 is 0 Å². The van der Waals surface area contributed by atoms with Crippen LogP contribution in [-0.4, -0.2) is 19.9 Å². The van der Waals surface area contributed by atoms with Crippen LogP contribution in [0.1, 0.15) is 38.3 Å². The van der Waals surface area contributed by atoms with Gasteiger partial charge in [0.2, 0.25) is 0 Å². The van der Waals surface area contributed by atoms with E-state index in [9.17, 15) is 8.42 Å². The summed E-state index contributed by atoms with van der Waals surface area (Å²) >= 11 is 1.02. The number of hydrogen-bond donors (Lipinski definition) is 2. The fourth-order valence-electron chi connectivity index (χ4n) is 2.19. The number of sulfonamides is 1. The number of hydrogen-bond acceptors (Lipinski definition) is 5. The number of thiazole rings is 1. The molecule has 102 valence electrons. The molecule has 0 bridgehead atoms. The Hall–Kier alpha value is -0.660. The van der Waals surface area contributed by atoms with Crippen molar-refractivity contribution in [3.05, 3.63) is 5.69 Å². The highest BCUT2D eigenvalue weighted by Crippen LogP contribution is 2.49. The second-order valence-electron chi connectivity index (χ2n) is 5.00. The van der Waals surface area contributed by atoms with Gasteiger partial charge in [0.05, 0.1) is 5.69 Å². The van der Waals surface area contributed by atoms with Gasteiger partial charge in [-0.05, 0) is 31.6 Å². The van der Waals surface area contributed by atoms with E-state index in [-0.39, 0.29) is 9.62 Å². The van der Waals surface area contributed by atoms with Gasteiger partial charge < -0.3 is 5.73 Å². The minimum Gasteiger partial charge on any atom is -0.375 e. The second kappa shape index (κ2) is 4.79. The van der Waals surface area contributed by atoms with Crippen molar-refractivity contribution in [2.45, 2.75) is 43.7 Å². The normalized spacial score (nSPS) is 17.9. The van der Waals surface area contributed by atoms with E-state index in [4.69, 9.17) is 5.73 Å². The standard InChI is InChI=1S/C11H19N3O2S2/c1-3-4-11(5-6-11)7-13-18(15,16)9-8(2)14-10(12)17-9/h13H,3-7H2,1-2H3,(H2,12,14). The van der Waals surface area contributed by atoms with Crippen LogP contribution in [-0.2, 0) is 10.0 Å². The highest BCUT2D eigenvalue weighted by molar-refractivity contribution is 7.91. The van der Waals surface area contributed by atoms with E-state index in [2.05, 4.69) is 16.6 Å². The van der Waals surface area contributed by atoms with Crippen molar-refractivity contribution < 1.29 is 8.42 Å². The van der Waals surface area contributed by atoms with Crippen LogP contribution in [0.3, 0.4) is 0 Å². The second-order valence-corrected chi connectivity index (χ2v) is 7.99. The Morgan fingerprint density at radius 2 is 2.17 bits per heavy atom. The first-order chi connectivity index (χ1) is 8.38. The molecule has 0 amide bonds. The van der Waals surface area contributed by atoms with Gasteiger partial charge in [0, 0.05) is 6.54 Å². The monoisotopic (exact) mass is 289 g/mol. The van der Waals surface area contributed by atoms with Crippen molar-refractivity contribution in [3.63, 3.8) is 0 Å². The number of rotatable bonds is 6. The Balaban J connectivity index is 2.06. The summed E-state index contributed by atoms with van der Waals surface area (Å²) in [6, 6.07) is 0. The third-order valence-electron chi connectivity index (χ3n) is 3.39. The van der Waals surface area contributed by atoms with Gasteiger partial charge in [0.1, 0.15) is 0 Å². The molecule has 0 atom stereocenters. The topological polar surface area (TPSA) is 85.1 Å². The molecule has 1 fully saturated rings. The van der Waals surface area contributed by atoms with Crippen LogP contribution in [0.15, 0.2) is 4.21 Å². The van der Waals surface area contributed by atoms with E-state index in [1.807, 2.05) is 0 Å². The molecule has 1 saturated carbocycles. The van der Waals surface area contributed by atoms with Gasteiger partial charge in [-0.2, -0.15) is 0 Å². The predicted molar refractivity (Wildman–Crippen MR) is 73.0 cm³/mol. The van der Waals surface area contributed by atoms with Gasteiger partial charge in [-0.3, -0.25) is 0 Å². The number of nitrogen functional groups attached to an aromatic ring is 1. The number of nitrogens with two attached hydrogens (primary N) is 1. The molecule has 0 unspecified atom stereocenters. The SMILES string of the molecule is CCCC1(CNS(=O)(=O)c2sc(N)nc2C)CC1. The summed E-state index contributed by atoms with van der Waals surface area (Å²) in [5.74, 6) is 0. The van der Waals surface area contributed by atoms with Crippen LogP contribution >= 0.6 is 11.3 Å². The molecule has 1 aromatic heterocycles. The Bertz CT molecular complexity index is 532. The van der Waals surface area contributed by atoms with Gasteiger partial charge in [-0.25, -0.2) is 18.1 Å². The fraction of sp³-hybridized carbons (Fsp3) is 0.727. The average molecular weight is 289 g/mol. The van der Waals surface area contributed by atoms with Crippen LogP contribution in [0.5, 0.6) is 0 Å². The lowest BCUT2D eigenvalue weighted by atomic mass is 10.0. The largest absolute Gasteiger partial charge is 0.375 e. The lowest BCUT2D eigenvalue weighted by Gasteiger charge is -2.14. The highest BCUT2D eigenvalue weighted by atomic mass is 32.2. The van der Waals surface area contributed by atoms with Crippen molar-refractivity contribution >= 4 is 26.5 Å². The first-order valence-corrected chi connectivity index (χ1v) is 8.41. The van der Waals surface area contributed by atoms with E-state index in [1.165, 1.54) is 0 Å². The number of aromatic nitrogens is 1. The van der Waals surface area contributed by atoms with Gasteiger partial charge in [0.25, 0.3) is 10.0 Å². The van der Waals surface area contributed by atoms with Crippen molar-refractivity contribution in [1.82, 2.24) is 9.71 Å². The lowest BCUT2D eigenvalue weighted by Crippen LogP contribution is -2.30. The molecule has 0 radical (unpaired) electrons. The number of nitrogens with zero attached hydrogens (tertiary/aromatic N) is 1. The summed E-state index contributed by atoms with van der Waals surface area (Å²) in [5, 5.41) is 0.294. The molecule has 3 N–H and O–H groups in total. The number of nitrogens with one attached hydrogen (secondary N) is 1. The minimum atomic E-state index is -3.46. The molecule has 5 nitrogen and oxygen atoms in total. The quantitative estimate of drug-likeness (QED) is 0.837. The maximum Gasteiger partial charge on any atom is 0.252 e. The summed E-state index contributed by atoms with van der Waals surface area (Å²) < 4.78 is 27.2. The zero-order chi connectivity index (χ0) is 13.4. The summed E-state index contributed by atoms with van der Waals surface area (Å²) in [5.41, 5.74) is 6.21. The van der Waals surface area contributed by atoms with Gasteiger partial charge in [0.15, 0.2) is 9.34 Å². The van der Waals surface area contributed by atoms with Crippen molar-refractivity contribution in [2.75, 3.05) is 12.3 Å². The van der Waals surface area contributed by atoms with E-state index in [0.717, 1.165) is 37.0 Å². The average Bonchev–Trinajstić information content (AvgIpc) is 2.96. The van der Waals surface area contributed by atoms with Gasteiger partial charge in [-0.15, -0.1) is 0 Å². The maximum atomic E-state index is 12.1. The molecular weight excluding hydrogens is 270 g/mol. The Kier molecular flexibility index (Phi) is 3.66. The Morgan fingerprint density at radius 1 is 1.50 bits per heavy atom. The highest BCUT2D eigenvalue weighted by Gasteiger charge is 2.42. The smallest absolute Gasteiger partial charge is 0.252 e. The van der Waals surface area contributed by atoms with Crippen LogP contribution in [0.25, 0.3) is 0 Å². The molecule has 1 aliphatic rings. The van der Waals surface area contributed by atoms with Crippen LogP contribution < -0.4 is 10.5 Å². The van der Waals surface area contributed by atoms with Crippen LogP contribution in [0.2, 0.25) is 0 Å². The van der Waals surface area contributed by atoms with Crippen LogP contribution in [0.4, 0.5) is 5.13 Å². The zero-order valence-corrected chi connectivity index (χ0v) is 12.3. The molecule has 1 aliphatic carbocycles. The van der Waals surface area contributed by atoms with E-state index in [0.29, 0.717) is 17.4 Å². The minimum absolute atomic E-state index is 0.200. The van der Waals surface area contributed by atoms with E-state index >= 15 is 0 Å². The van der Waals surface area contributed by atoms with E-state index < -0.39 is 10.0 Å². The van der Waals surface area contributed by atoms with Crippen molar-refractivity contribution in [1.29, 1.82) is 0 Å². The molecule has 0 aliphatic heterocycles. The summed E-state index contributed by atoms with van der Waals surface area (Å²) in [6.07, 6.45) is 4.41. The first kappa shape index (κ1) is 13.8. The van der Waals surface area contributed by atoms with Crippen LogP contribution in [0, 0.1) is 12.3 Å². The summed E-state index contributed by atoms with van der Waals surface area (Å²) in [4.78, 5) is 3.95. The third kappa shape index (κ3) is 2.84. The Labute approximate surface area is 112 Å². The molecule has 7 heteroatoms. The summed E-state index contributed by atoms with van der Waals surface area (Å²) in [6.45, 7) is 4.32. The number of aryl methyl sites for hydroxylation is 1.